The van der Waals surface area contributed by atoms with E-state index < -0.39 is 11.7 Å². The fourth-order valence-electron chi connectivity index (χ4n) is 1.81. The van der Waals surface area contributed by atoms with E-state index in [1.54, 1.807) is 0 Å². The molecule has 1 aliphatic heterocycles. The van der Waals surface area contributed by atoms with Gasteiger partial charge in [-0.1, -0.05) is 11.6 Å². The number of nitrogens with one attached hydrogen (secondary N) is 1. The van der Waals surface area contributed by atoms with Crippen LogP contribution in [0.3, 0.4) is 0 Å². The molecular formula is C12H16ClN3O3. The predicted octanol–water partition coefficient (Wildman–Crippen LogP) is 1.40. The van der Waals surface area contributed by atoms with Crippen molar-refractivity contribution in [1.82, 2.24) is 4.98 Å². The molecule has 0 spiro atoms. The van der Waals surface area contributed by atoms with Gasteiger partial charge in [0.1, 0.15) is 5.82 Å². The van der Waals surface area contributed by atoms with Gasteiger partial charge in [-0.2, -0.15) is 0 Å². The smallest absolute Gasteiger partial charge is 0.250 e. The van der Waals surface area contributed by atoms with Crippen LogP contribution in [-0.2, 0) is 9.47 Å². The molecule has 1 aliphatic rings. The van der Waals surface area contributed by atoms with Gasteiger partial charge in [-0.15, -0.1) is 0 Å². The number of primary amides is 1. The van der Waals surface area contributed by atoms with Crippen molar-refractivity contribution in [2.75, 3.05) is 25.1 Å². The predicted molar refractivity (Wildman–Crippen MR) is 71.2 cm³/mol. The first-order valence-electron chi connectivity index (χ1n) is 5.97. The van der Waals surface area contributed by atoms with E-state index in [-0.39, 0.29) is 5.56 Å². The average Bonchev–Trinajstić information content (AvgIpc) is 2.78. The summed E-state index contributed by atoms with van der Waals surface area (Å²) in [4.78, 5) is 15.0. The monoisotopic (exact) mass is 285 g/mol. The molecule has 1 saturated heterocycles. The van der Waals surface area contributed by atoms with Gasteiger partial charge in [0.25, 0.3) is 0 Å². The van der Waals surface area contributed by atoms with Crippen molar-refractivity contribution in [2.45, 2.75) is 19.1 Å². The van der Waals surface area contributed by atoms with E-state index in [2.05, 4.69) is 10.3 Å². The molecule has 0 unspecified atom stereocenters. The first-order valence-corrected chi connectivity index (χ1v) is 6.35. The number of pyridine rings is 1. The molecule has 2 heterocycles. The first kappa shape index (κ1) is 14.0. The second-order valence-corrected chi connectivity index (χ2v) is 4.83. The number of amides is 1. The number of carbonyl (C=O) groups excluding carboxylic acids is 1. The number of aromatic nitrogens is 1. The number of carbonyl (C=O) groups is 1. The minimum absolute atomic E-state index is 0.282. The largest absolute Gasteiger partial charge is 0.369 e. The molecule has 2 rings (SSSR count). The highest BCUT2D eigenvalue weighted by Crippen LogP contribution is 2.24. The SMILES string of the molecule is CC1(CCNc2ncc(C(N)=O)cc2Cl)OCCO1. The normalized spacial score (nSPS) is 17.4. The minimum Gasteiger partial charge on any atom is -0.369 e. The van der Waals surface area contributed by atoms with Crippen LogP contribution < -0.4 is 11.1 Å². The summed E-state index contributed by atoms with van der Waals surface area (Å²) in [5.41, 5.74) is 5.42. The zero-order chi connectivity index (χ0) is 13.9. The second kappa shape index (κ2) is 5.73. The molecule has 6 nitrogen and oxygen atoms in total. The molecular weight excluding hydrogens is 270 g/mol. The van der Waals surface area contributed by atoms with Crippen molar-refractivity contribution < 1.29 is 14.3 Å². The summed E-state index contributed by atoms with van der Waals surface area (Å²) < 4.78 is 11.0. The maximum Gasteiger partial charge on any atom is 0.250 e. The van der Waals surface area contributed by atoms with Crippen LogP contribution in [0.15, 0.2) is 12.3 Å². The Labute approximate surface area is 116 Å². The van der Waals surface area contributed by atoms with Crippen LogP contribution >= 0.6 is 11.6 Å². The molecule has 0 bridgehead atoms. The molecule has 0 atom stereocenters. The summed E-state index contributed by atoms with van der Waals surface area (Å²) in [7, 11) is 0. The van der Waals surface area contributed by atoms with Gasteiger partial charge in [-0.3, -0.25) is 4.79 Å². The van der Waals surface area contributed by atoms with Gasteiger partial charge in [0, 0.05) is 19.2 Å². The van der Waals surface area contributed by atoms with Crippen molar-refractivity contribution in [3.05, 3.63) is 22.8 Å². The third-order valence-electron chi connectivity index (χ3n) is 2.90. The number of anilines is 1. The van der Waals surface area contributed by atoms with Gasteiger partial charge >= 0.3 is 0 Å². The molecule has 104 valence electrons. The van der Waals surface area contributed by atoms with E-state index in [9.17, 15) is 4.79 Å². The number of hydrogen-bond acceptors (Lipinski definition) is 5. The van der Waals surface area contributed by atoms with Gasteiger partial charge in [-0.05, 0) is 13.0 Å². The Morgan fingerprint density at radius 3 is 2.84 bits per heavy atom. The highest BCUT2D eigenvalue weighted by atomic mass is 35.5. The Kier molecular flexibility index (Phi) is 4.24. The molecule has 1 amide bonds. The fourth-order valence-corrected chi connectivity index (χ4v) is 2.04. The van der Waals surface area contributed by atoms with E-state index in [4.69, 9.17) is 26.8 Å². The summed E-state index contributed by atoms with van der Waals surface area (Å²) >= 11 is 6.01. The van der Waals surface area contributed by atoms with E-state index in [1.807, 2.05) is 6.92 Å². The quantitative estimate of drug-likeness (QED) is 0.854. The van der Waals surface area contributed by atoms with Gasteiger partial charge in [0.05, 0.1) is 23.8 Å². The summed E-state index contributed by atoms with van der Waals surface area (Å²) in [6, 6.07) is 1.49. The van der Waals surface area contributed by atoms with E-state index >= 15 is 0 Å². The van der Waals surface area contributed by atoms with Gasteiger partial charge < -0.3 is 20.5 Å². The molecule has 0 radical (unpaired) electrons. The van der Waals surface area contributed by atoms with Crippen molar-refractivity contribution >= 4 is 23.3 Å². The lowest BCUT2D eigenvalue weighted by atomic mass is 10.2. The summed E-state index contributed by atoms with van der Waals surface area (Å²) in [6.07, 6.45) is 2.06. The maximum absolute atomic E-state index is 11.0. The molecule has 1 fully saturated rings. The van der Waals surface area contributed by atoms with Gasteiger partial charge in [-0.25, -0.2) is 4.98 Å². The topological polar surface area (TPSA) is 86.5 Å². The lowest BCUT2D eigenvalue weighted by Gasteiger charge is -2.22. The maximum atomic E-state index is 11.0. The highest BCUT2D eigenvalue weighted by Gasteiger charge is 2.30. The Morgan fingerprint density at radius 2 is 2.26 bits per heavy atom. The van der Waals surface area contributed by atoms with Crippen LogP contribution in [0.4, 0.5) is 5.82 Å². The number of ether oxygens (including phenoxy) is 2. The zero-order valence-electron chi connectivity index (χ0n) is 10.6. The van der Waals surface area contributed by atoms with Crippen LogP contribution in [0, 0.1) is 0 Å². The third-order valence-corrected chi connectivity index (χ3v) is 3.18. The van der Waals surface area contributed by atoms with Crippen LogP contribution in [-0.4, -0.2) is 36.4 Å². The molecule has 1 aromatic rings. The number of nitrogens with two attached hydrogens (primary N) is 1. The summed E-state index contributed by atoms with van der Waals surface area (Å²) in [5.74, 6) is -0.596. The zero-order valence-corrected chi connectivity index (χ0v) is 11.4. The van der Waals surface area contributed by atoms with Gasteiger partial charge in [0.15, 0.2) is 5.79 Å². The molecule has 3 N–H and O–H groups in total. The third kappa shape index (κ3) is 3.56. The number of halogens is 1. The Morgan fingerprint density at radius 1 is 1.58 bits per heavy atom. The van der Waals surface area contributed by atoms with Crippen LogP contribution in [0.1, 0.15) is 23.7 Å². The Bertz CT molecular complexity index is 475. The number of nitrogens with zero attached hydrogens (tertiary/aromatic N) is 1. The van der Waals surface area contributed by atoms with E-state index in [1.165, 1.54) is 12.3 Å². The lowest BCUT2D eigenvalue weighted by molar-refractivity contribution is -0.144. The minimum atomic E-state index is -0.554. The molecule has 0 aromatic carbocycles. The van der Waals surface area contributed by atoms with Crippen molar-refractivity contribution in [1.29, 1.82) is 0 Å². The highest BCUT2D eigenvalue weighted by molar-refractivity contribution is 6.33. The average molecular weight is 286 g/mol. The van der Waals surface area contributed by atoms with Crippen molar-refractivity contribution in [3.63, 3.8) is 0 Å². The van der Waals surface area contributed by atoms with E-state index in [0.717, 1.165) is 0 Å². The Balaban J connectivity index is 1.91. The van der Waals surface area contributed by atoms with Crippen molar-refractivity contribution in [3.8, 4) is 0 Å². The van der Waals surface area contributed by atoms with Crippen molar-refractivity contribution in [2.24, 2.45) is 5.73 Å². The standard InChI is InChI=1S/C12H16ClN3O3/c1-12(18-4-5-19-12)2-3-15-11-9(13)6-8(7-16-11)10(14)17/h6-7H,2-5H2,1H3,(H2,14,17)(H,15,16). The molecule has 7 heteroatoms. The molecule has 0 saturated carbocycles. The van der Waals surface area contributed by atoms with Gasteiger partial charge in [0.2, 0.25) is 5.91 Å². The number of hydrogen-bond donors (Lipinski definition) is 2. The fraction of sp³-hybridized carbons (Fsp3) is 0.500. The summed E-state index contributed by atoms with van der Waals surface area (Å²) in [6.45, 7) is 3.72. The van der Waals surface area contributed by atoms with Crippen LogP contribution in [0.25, 0.3) is 0 Å². The van der Waals surface area contributed by atoms with Crippen LogP contribution in [0.5, 0.6) is 0 Å². The molecule has 19 heavy (non-hydrogen) atoms. The van der Waals surface area contributed by atoms with Crippen LogP contribution in [0.2, 0.25) is 5.02 Å². The molecule has 0 aliphatic carbocycles. The second-order valence-electron chi connectivity index (χ2n) is 4.43. The Hall–Kier alpha value is -1.37. The lowest BCUT2D eigenvalue weighted by Crippen LogP contribution is -2.28. The summed E-state index contributed by atoms with van der Waals surface area (Å²) in [5, 5.41) is 3.43. The molecule has 1 aromatic heterocycles. The van der Waals surface area contributed by atoms with E-state index in [0.29, 0.717) is 37.0 Å². The first-order chi connectivity index (χ1) is 9.00. The number of rotatable bonds is 5.